The molecule has 1 aliphatic rings. The normalized spacial score (nSPS) is 20.3. The van der Waals surface area contributed by atoms with Crippen LogP contribution in [0, 0.1) is 5.92 Å². The Labute approximate surface area is 131 Å². The zero-order valence-corrected chi connectivity index (χ0v) is 15.0. The van der Waals surface area contributed by atoms with Gasteiger partial charge in [0.25, 0.3) is 0 Å². The number of likely N-dealkylation sites (tertiary alicyclic amines) is 1. The monoisotopic (exact) mass is 297 g/mol. The lowest BCUT2D eigenvalue weighted by Gasteiger charge is -2.37. The van der Waals surface area contributed by atoms with Crippen molar-refractivity contribution in [2.75, 3.05) is 19.6 Å². The molecule has 1 fully saturated rings. The molecule has 0 bridgehead atoms. The quantitative estimate of drug-likeness (QED) is 0.837. The van der Waals surface area contributed by atoms with Crippen molar-refractivity contribution in [1.82, 2.24) is 15.5 Å². The smallest absolute Gasteiger partial charge is 0.237 e. The molecule has 4 nitrogen and oxygen atoms in total. The highest BCUT2D eigenvalue weighted by Crippen LogP contribution is 2.19. The number of hydrogen-bond acceptors (Lipinski definition) is 3. The Kier molecular flexibility index (Phi) is 6.23. The van der Waals surface area contributed by atoms with Gasteiger partial charge in [-0.05, 0) is 86.9 Å². The number of carbonyl (C=O) groups excluding carboxylic acids is 1. The number of carbonyl (C=O) groups is 1. The van der Waals surface area contributed by atoms with Crippen molar-refractivity contribution < 1.29 is 4.79 Å². The third-order valence-electron chi connectivity index (χ3n) is 4.00. The zero-order valence-electron chi connectivity index (χ0n) is 15.0. The molecule has 1 saturated heterocycles. The molecular formula is C17H35N3O. The van der Waals surface area contributed by atoms with Crippen molar-refractivity contribution in [2.24, 2.45) is 5.92 Å². The number of nitrogens with one attached hydrogen (secondary N) is 2. The van der Waals surface area contributed by atoms with Gasteiger partial charge in [0, 0.05) is 11.1 Å². The van der Waals surface area contributed by atoms with E-state index in [4.69, 9.17) is 0 Å². The Balaban J connectivity index is 2.37. The summed E-state index contributed by atoms with van der Waals surface area (Å²) in [6.45, 7) is 17.9. The molecule has 1 amide bonds. The van der Waals surface area contributed by atoms with Crippen LogP contribution in [-0.2, 0) is 4.79 Å². The van der Waals surface area contributed by atoms with Crippen LogP contribution >= 0.6 is 0 Å². The van der Waals surface area contributed by atoms with Gasteiger partial charge in [0.05, 0.1) is 6.04 Å². The van der Waals surface area contributed by atoms with Crippen molar-refractivity contribution in [1.29, 1.82) is 0 Å². The number of amides is 1. The van der Waals surface area contributed by atoms with E-state index >= 15 is 0 Å². The summed E-state index contributed by atoms with van der Waals surface area (Å²) < 4.78 is 0. The summed E-state index contributed by atoms with van der Waals surface area (Å²) in [4.78, 5) is 14.5. The SMILES string of the molecule is CC(C(=O)NC(C)(C)C)N1CCC(CNC(C)(C)C)CC1. The summed E-state index contributed by atoms with van der Waals surface area (Å²) in [5.74, 6) is 0.882. The van der Waals surface area contributed by atoms with E-state index in [2.05, 4.69) is 36.3 Å². The van der Waals surface area contributed by atoms with Crippen LogP contribution in [0.25, 0.3) is 0 Å². The molecule has 1 rings (SSSR count). The predicted octanol–water partition coefficient (Wildman–Crippen LogP) is 2.39. The zero-order chi connectivity index (χ0) is 16.3. The van der Waals surface area contributed by atoms with Crippen LogP contribution in [0.1, 0.15) is 61.3 Å². The second-order valence-electron chi connectivity index (χ2n) is 8.53. The van der Waals surface area contributed by atoms with Crippen molar-refractivity contribution in [3.8, 4) is 0 Å². The molecule has 0 aliphatic carbocycles. The van der Waals surface area contributed by atoms with Crippen molar-refractivity contribution >= 4 is 5.91 Å². The summed E-state index contributed by atoms with van der Waals surface area (Å²) in [5, 5.41) is 6.67. The van der Waals surface area contributed by atoms with Crippen molar-refractivity contribution in [3.63, 3.8) is 0 Å². The Morgan fingerprint density at radius 2 is 1.62 bits per heavy atom. The number of nitrogens with zero attached hydrogens (tertiary/aromatic N) is 1. The molecule has 0 aromatic carbocycles. The van der Waals surface area contributed by atoms with Gasteiger partial charge in [-0.2, -0.15) is 0 Å². The first-order chi connectivity index (χ1) is 9.48. The minimum Gasteiger partial charge on any atom is -0.350 e. The molecule has 0 saturated carbocycles. The molecule has 1 atom stereocenters. The summed E-state index contributed by atoms with van der Waals surface area (Å²) in [6.07, 6.45) is 2.35. The second kappa shape index (κ2) is 7.10. The first-order valence-electron chi connectivity index (χ1n) is 8.29. The van der Waals surface area contributed by atoms with E-state index in [1.54, 1.807) is 0 Å². The summed E-state index contributed by atoms with van der Waals surface area (Å²) in [7, 11) is 0. The van der Waals surface area contributed by atoms with E-state index < -0.39 is 0 Å². The van der Waals surface area contributed by atoms with Gasteiger partial charge < -0.3 is 10.6 Å². The minimum absolute atomic E-state index is 0.0271. The van der Waals surface area contributed by atoms with Crippen LogP contribution in [-0.4, -0.2) is 47.6 Å². The van der Waals surface area contributed by atoms with Gasteiger partial charge in [-0.3, -0.25) is 9.69 Å². The molecule has 4 heteroatoms. The first-order valence-corrected chi connectivity index (χ1v) is 8.29. The molecule has 0 radical (unpaired) electrons. The van der Waals surface area contributed by atoms with Gasteiger partial charge >= 0.3 is 0 Å². The van der Waals surface area contributed by atoms with Gasteiger partial charge in [0.1, 0.15) is 0 Å². The van der Waals surface area contributed by atoms with Gasteiger partial charge in [-0.1, -0.05) is 0 Å². The molecule has 124 valence electrons. The average Bonchev–Trinajstić information content (AvgIpc) is 2.33. The number of rotatable bonds is 4. The van der Waals surface area contributed by atoms with Crippen LogP contribution in [0.4, 0.5) is 0 Å². The van der Waals surface area contributed by atoms with Crippen LogP contribution in [0.3, 0.4) is 0 Å². The lowest BCUT2D eigenvalue weighted by Crippen LogP contribution is -2.53. The highest BCUT2D eigenvalue weighted by molar-refractivity contribution is 5.81. The number of hydrogen-bond donors (Lipinski definition) is 2. The fourth-order valence-corrected chi connectivity index (χ4v) is 2.63. The molecular weight excluding hydrogens is 262 g/mol. The average molecular weight is 297 g/mol. The molecule has 1 aliphatic heterocycles. The molecule has 2 N–H and O–H groups in total. The molecule has 0 aromatic rings. The number of piperidine rings is 1. The lowest BCUT2D eigenvalue weighted by molar-refractivity contribution is -0.127. The minimum atomic E-state index is -0.152. The lowest BCUT2D eigenvalue weighted by atomic mass is 9.94. The van der Waals surface area contributed by atoms with E-state index in [1.165, 1.54) is 12.8 Å². The third-order valence-corrected chi connectivity index (χ3v) is 4.00. The van der Waals surface area contributed by atoms with Crippen LogP contribution in [0.15, 0.2) is 0 Å². The largest absolute Gasteiger partial charge is 0.350 e. The maximum Gasteiger partial charge on any atom is 0.237 e. The van der Waals surface area contributed by atoms with Gasteiger partial charge in [0.2, 0.25) is 5.91 Å². The van der Waals surface area contributed by atoms with Crippen molar-refractivity contribution in [2.45, 2.75) is 78.4 Å². The molecule has 0 aromatic heterocycles. The molecule has 1 heterocycles. The fraction of sp³-hybridized carbons (Fsp3) is 0.941. The molecule has 21 heavy (non-hydrogen) atoms. The van der Waals surface area contributed by atoms with Crippen LogP contribution in [0.2, 0.25) is 0 Å². The predicted molar refractivity (Wildman–Crippen MR) is 89.4 cm³/mol. The van der Waals surface area contributed by atoms with Crippen LogP contribution < -0.4 is 10.6 Å². The second-order valence-corrected chi connectivity index (χ2v) is 8.53. The Hall–Kier alpha value is -0.610. The van der Waals surface area contributed by atoms with Gasteiger partial charge in [0.15, 0.2) is 0 Å². The highest BCUT2D eigenvalue weighted by atomic mass is 16.2. The summed E-state index contributed by atoms with van der Waals surface area (Å²) in [5.41, 5.74) is 0.0390. The van der Waals surface area contributed by atoms with E-state index in [9.17, 15) is 4.79 Å². The van der Waals surface area contributed by atoms with E-state index in [0.29, 0.717) is 0 Å². The Morgan fingerprint density at radius 3 is 2.05 bits per heavy atom. The highest BCUT2D eigenvalue weighted by Gasteiger charge is 2.28. The standard InChI is InChI=1S/C17H35N3O/c1-13(15(21)19-17(5,6)7)20-10-8-14(9-11-20)12-18-16(2,3)4/h13-14,18H,8-12H2,1-7H3,(H,19,21). The molecule has 0 spiro atoms. The van der Waals surface area contributed by atoms with E-state index in [-0.39, 0.29) is 23.0 Å². The van der Waals surface area contributed by atoms with Gasteiger partial charge in [-0.25, -0.2) is 0 Å². The van der Waals surface area contributed by atoms with E-state index in [0.717, 1.165) is 25.6 Å². The third kappa shape index (κ3) is 7.28. The summed E-state index contributed by atoms with van der Waals surface area (Å²) >= 11 is 0. The van der Waals surface area contributed by atoms with E-state index in [1.807, 2.05) is 27.7 Å². The maximum absolute atomic E-state index is 12.2. The Bertz CT molecular complexity index is 333. The molecule has 1 unspecified atom stereocenters. The Morgan fingerprint density at radius 1 is 1.10 bits per heavy atom. The van der Waals surface area contributed by atoms with Crippen molar-refractivity contribution in [3.05, 3.63) is 0 Å². The fourth-order valence-electron chi connectivity index (χ4n) is 2.63. The summed E-state index contributed by atoms with van der Waals surface area (Å²) in [6, 6.07) is -0.0271. The maximum atomic E-state index is 12.2. The topological polar surface area (TPSA) is 44.4 Å². The van der Waals surface area contributed by atoms with Gasteiger partial charge in [-0.15, -0.1) is 0 Å². The van der Waals surface area contributed by atoms with Crippen LogP contribution in [0.5, 0.6) is 0 Å². The first kappa shape index (κ1) is 18.4.